The normalized spacial score (nSPS) is 21.7. The predicted molar refractivity (Wildman–Crippen MR) is 113 cm³/mol. The second kappa shape index (κ2) is 8.51. The van der Waals surface area contributed by atoms with Crippen molar-refractivity contribution in [1.82, 2.24) is 10.2 Å². The molecular weight excluding hydrogens is 366 g/mol. The number of nitrogens with zero attached hydrogens (tertiary/aromatic N) is 1. The lowest BCUT2D eigenvalue weighted by atomic mass is 9.78. The van der Waals surface area contributed by atoms with E-state index in [1.165, 1.54) is 0 Å². The zero-order valence-electron chi connectivity index (χ0n) is 16.7. The number of hydrogen-bond donors (Lipinski definition) is 2. The third-order valence-corrected chi connectivity index (χ3v) is 6.35. The van der Waals surface area contributed by atoms with Crippen LogP contribution in [0.1, 0.15) is 36.0 Å². The van der Waals surface area contributed by atoms with Gasteiger partial charge in [0.25, 0.3) is 5.91 Å². The molecule has 4 rings (SSSR count). The maximum Gasteiger partial charge on any atom is 0.251 e. The molecule has 2 fully saturated rings. The number of carbonyl (C=O) groups excluding carboxylic acids is 2. The number of likely N-dealkylation sites (tertiary alicyclic amines) is 1. The number of hydrogen-bond acceptors (Lipinski definition) is 4. The molecule has 0 bridgehead atoms. The van der Waals surface area contributed by atoms with Crippen molar-refractivity contribution in [3.8, 4) is 0 Å². The van der Waals surface area contributed by atoms with Crippen LogP contribution in [0.25, 0.3) is 10.8 Å². The highest BCUT2D eigenvalue weighted by atomic mass is 16.5. The Labute approximate surface area is 171 Å². The number of carbonyl (C=O) groups is 2. The van der Waals surface area contributed by atoms with Crippen molar-refractivity contribution in [2.75, 3.05) is 32.8 Å². The molecule has 2 heterocycles. The molecule has 2 saturated heterocycles. The van der Waals surface area contributed by atoms with E-state index in [1.54, 1.807) is 0 Å². The second-order valence-corrected chi connectivity index (χ2v) is 8.22. The van der Waals surface area contributed by atoms with Gasteiger partial charge in [-0.1, -0.05) is 30.3 Å². The van der Waals surface area contributed by atoms with E-state index in [-0.39, 0.29) is 17.9 Å². The fourth-order valence-corrected chi connectivity index (χ4v) is 4.48. The van der Waals surface area contributed by atoms with Gasteiger partial charge in [-0.05, 0) is 48.6 Å². The molecule has 0 radical (unpaired) electrons. The minimum absolute atomic E-state index is 0.0404. The van der Waals surface area contributed by atoms with Crippen LogP contribution in [0.3, 0.4) is 0 Å². The van der Waals surface area contributed by atoms with E-state index in [1.807, 2.05) is 47.4 Å². The summed E-state index contributed by atoms with van der Waals surface area (Å²) in [7, 11) is 0. The van der Waals surface area contributed by atoms with Crippen molar-refractivity contribution in [3.63, 3.8) is 0 Å². The lowest BCUT2D eigenvalue weighted by molar-refractivity contribution is -0.148. The van der Waals surface area contributed by atoms with Crippen molar-refractivity contribution in [2.24, 2.45) is 11.1 Å². The Kier molecular flexibility index (Phi) is 5.83. The first-order chi connectivity index (χ1) is 14.1. The maximum atomic E-state index is 13.2. The number of nitrogens with one attached hydrogen (secondary N) is 1. The summed E-state index contributed by atoms with van der Waals surface area (Å²) < 4.78 is 5.43. The zero-order valence-corrected chi connectivity index (χ0v) is 16.7. The van der Waals surface area contributed by atoms with Crippen molar-refractivity contribution in [1.29, 1.82) is 0 Å². The number of benzene rings is 2. The van der Waals surface area contributed by atoms with Crippen LogP contribution in [-0.4, -0.2) is 55.6 Å². The highest BCUT2D eigenvalue weighted by Gasteiger charge is 2.42. The molecule has 0 aromatic heterocycles. The molecule has 1 atom stereocenters. The second-order valence-electron chi connectivity index (χ2n) is 8.22. The van der Waals surface area contributed by atoms with Crippen molar-refractivity contribution >= 4 is 22.6 Å². The van der Waals surface area contributed by atoms with Gasteiger partial charge in [0.15, 0.2) is 0 Å². The third-order valence-electron chi connectivity index (χ3n) is 6.35. The summed E-state index contributed by atoms with van der Waals surface area (Å²) in [5.74, 6) is 0.0302. The van der Waals surface area contributed by atoms with Gasteiger partial charge in [0.1, 0.15) is 0 Å². The van der Waals surface area contributed by atoms with E-state index in [9.17, 15) is 9.59 Å². The average Bonchev–Trinajstić information content (AvgIpc) is 2.78. The standard InChI is InChI=1S/C23H29N3O3/c24-16-23(9-12-29-13-10-23)22(28)26-11-3-6-20(15-26)25-21(27)19-8-7-17-4-1-2-5-18(17)14-19/h1-2,4-5,7-8,14,20H,3,6,9-13,15-16,24H2,(H,25,27). The molecule has 6 nitrogen and oxygen atoms in total. The molecule has 0 aliphatic carbocycles. The Morgan fingerprint density at radius 1 is 1.14 bits per heavy atom. The first-order valence-electron chi connectivity index (χ1n) is 10.5. The van der Waals surface area contributed by atoms with Gasteiger partial charge in [-0.25, -0.2) is 0 Å². The Morgan fingerprint density at radius 3 is 2.66 bits per heavy atom. The Balaban J connectivity index is 1.42. The molecule has 2 aromatic rings. The SMILES string of the molecule is NCC1(C(=O)N2CCCC(NC(=O)c3ccc4ccccc4c3)C2)CCOCC1. The molecule has 3 N–H and O–H groups in total. The number of rotatable bonds is 4. The fourth-order valence-electron chi connectivity index (χ4n) is 4.48. The minimum Gasteiger partial charge on any atom is -0.381 e. The van der Waals surface area contributed by atoms with Gasteiger partial charge >= 0.3 is 0 Å². The van der Waals surface area contributed by atoms with Crippen LogP contribution in [0, 0.1) is 5.41 Å². The molecule has 2 aliphatic rings. The highest BCUT2D eigenvalue weighted by Crippen LogP contribution is 2.32. The molecule has 0 spiro atoms. The zero-order chi connectivity index (χ0) is 20.3. The van der Waals surface area contributed by atoms with Crippen LogP contribution >= 0.6 is 0 Å². The molecule has 154 valence electrons. The summed E-state index contributed by atoms with van der Waals surface area (Å²) in [6, 6.07) is 13.7. The summed E-state index contributed by atoms with van der Waals surface area (Å²) in [6.07, 6.45) is 3.10. The van der Waals surface area contributed by atoms with Crippen LogP contribution in [0.15, 0.2) is 42.5 Å². The lowest BCUT2D eigenvalue weighted by Crippen LogP contribution is -2.56. The largest absolute Gasteiger partial charge is 0.381 e. The molecule has 29 heavy (non-hydrogen) atoms. The van der Waals surface area contributed by atoms with Gasteiger partial charge in [-0.3, -0.25) is 9.59 Å². The lowest BCUT2D eigenvalue weighted by Gasteiger charge is -2.42. The van der Waals surface area contributed by atoms with E-state index in [0.29, 0.717) is 44.7 Å². The van der Waals surface area contributed by atoms with Crippen molar-refractivity contribution in [2.45, 2.75) is 31.7 Å². The summed E-state index contributed by atoms with van der Waals surface area (Å²) in [5.41, 5.74) is 6.15. The molecule has 1 unspecified atom stereocenters. The number of nitrogens with two attached hydrogens (primary N) is 1. The topological polar surface area (TPSA) is 84.7 Å². The molecular formula is C23H29N3O3. The minimum atomic E-state index is -0.511. The maximum absolute atomic E-state index is 13.2. The van der Waals surface area contributed by atoms with Gasteiger partial charge in [-0.2, -0.15) is 0 Å². The van der Waals surface area contributed by atoms with E-state index in [2.05, 4.69) is 5.32 Å². The summed E-state index contributed by atoms with van der Waals surface area (Å²) in [4.78, 5) is 27.9. The summed E-state index contributed by atoms with van der Waals surface area (Å²) >= 11 is 0. The fraction of sp³-hybridized carbons (Fsp3) is 0.478. The molecule has 2 aromatic carbocycles. The highest BCUT2D eigenvalue weighted by molar-refractivity contribution is 5.98. The van der Waals surface area contributed by atoms with E-state index < -0.39 is 5.41 Å². The number of fused-ring (bicyclic) bond motifs is 1. The van der Waals surface area contributed by atoms with Crippen LogP contribution in [0.5, 0.6) is 0 Å². The number of piperidine rings is 1. The van der Waals surface area contributed by atoms with Crippen molar-refractivity contribution < 1.29 is 14.3 Å². The van der Waals surface area contributed by atoms with Crippen LogP contribution in [-0.2, 0) is 9.53 Å². The van der Waals surface area contributed by atoms with Crippen LogP contribution in [0.2, 0.25) is 0 Å². The van der Waals surface area contributed by atoms with Gasteiger partial charge in [-0.15, -0.1) is 0 Å². The third kappa shape index (κ3) is 4.14. The Bertz CT molecular complexity index is 892. The van der Waals surface area contributed by atoms with Gasteiger partial charge in [0.05, 0.1) is 5.41 Å². The summed E-state index contributed by atoms with van der Waals surface area (Å²) in [6.45, 7) is 2.78. The molecule has 2 aliphatic heterocycles. The van der Waals surface area contributed by atoms with Gasteiger partial charge in [0.2, 0.25) is 5.91 Å². The van der Waals surface area contributed by atoms with Crippen LogP contribution in [0.4, 0.5) is 0 Å². The quantitative estimate of drug-likeness (QED) is 0.832. The van der Waals surface area contributed by atoms with Gasteiger partial charge < -0.3 is 20.7 Å². The van der Waals surface area contributed by atoms with Crippen molar-refractivity contribution in [3.05, 3.63) is 48.0 Å². The van der Waals surface area contributed by atoms with E-state index >= 15 is 0 Å². The smallest absolute Gasteiger partial charge is 0.251 e. The monoisotopic (exact) mass is 395 g/mol. The predicted octanol–water partition coefficient (Wildman–Crippen LogP) is 2.32. The van der Waals surface area contributed by atoms with E-state index in [4.69, 9.17) is 10.5 Å². The number of ether oxygens (including phenoxy) is 1. The number of amides is 2. The van der Waals surface area contributed by atoms with Gasteiger partial charge in [0, 0.05) is 44.5 Å². The first-order valence-corrected chi connectivity index (χ1v) is 10.5. The first kappa shape index (κ1) is 19.9. The molecule has 6 heteroatoms. The molecule has 2 amide bonds. The average molecular weight is 396 g/mol. The van der Waals surface area contributed by atoms with Crippen LogP contribution < -0.4 is 11.1 Å². The Hall–Kier alpha value is -2.44. The summed E-state index contributed by atoms with van der Waals surface area (Å²) in [5, 5.41) is 5.29. The Morgan fingerprint density at radius 2 is 1.90 bits per heavy atom. The molecule has 0 saturated carbocycles. The van der Waals surface area contributed by atoms with E-state index in [0.717, 1.165) is 30.2 Å².